The summed E-state index contributed by atoms with van der Waals surface area (Å²) < 4.78 is 10.7. The van der Waals surface area contributed by atoms with E-state index in [-0.39, 0.29) is 18.5 Å². The third kappa shape index (κ3) is 5.62. The molecule has 5 rings (SSSR count). The zero-order valence-corrected chi connectivity index (χ0v) is 20.8. The van der Waals surface area contributed by atoms with E-state index >= 15 is 0 Å². The van der Waals surface area contributed by atoms with Crippen molar-refractivity contribution in [1.82, 2.24) is 15.3 Å². The molecule has 3 heterocycles. The van der Waals surface area contributed by atoms with Crippen LogP contribution in [-0.4, -0.2) is 54.6 Å². The minimum absolute atomic E-state index is 0.0659. The Bertz CT molecular complexity index is 1210. The number of fused-ring (bicyclic) bond motifs is 1. The molecule has 1 saturated heterocycles. The summed E-state index contributed by atoms with van der Waals surface area (Å²) in [5.74, 6) is 2.55. The third-order valence-corrected chi connectivity index (χ3v) is 7.05. The molecule has 8 nitrogen and oxygen atoms in total. The second-order valence-electron chi connectivity index (χ2n) is 8.71. The Morgan fingerprint density at radius 3 is 2.66 bits per heavy atom. The number of carbonyl (C=O) groups is 1. The Balaban J connectivity index is 1.11. The van der Waals surface area contributed by atoms with E-state index in [1.807, 2.05) is 24.3 Å². The number of benzene rings is 2. The molecule has 2 aliphatic rings. The molecule has 1 aromatic heterocycles. The van der Waals surface area contributed by atoms with Crippen molar-refractivity contribution in [3.8, 4) is 11.5 Å². The molecule has 0 spiro atoms. The lowest BCUT2D eigenvalue weighted by atomic mass is 10.1. The van der Waals surface area contributed by atoms with Gasteiger partial charge in [-0.1, -0.05) is 30.0 Å². The standard InChI is InChI=1S/C26H29N5O3S/c1-18-3-4-19(2)21(13-18)30-9-11-31(12-10-30)24-7-8-27-26(29-24)35-16-25(32)28-15-20-5-6-22-23(14-20)34-17-33-22/h3-8,13-14H,9-12,15-17H2,1-2H3,(H,28,32). The minimum Gasteiger partial charge on any atom is -0.454 e. The van der Waals surface area contributed by atoms with E-state index in [1.54, 1.807) is 6.20 Å². The fourth-order valence-electron chi connectivity index (χ4n) is 4.25. The van der Waals surface area contributed by atoms with Gasteiger partial charge in [0.05, 0.1) is 5.75 Å². The SMILES string of the molecule is Cc1ccc(C)c(N2CCN(c3ccnc(SCC(=O)NCc4ccc5c(c4)OCO5)n3)CC2)c1. The van der Waals surface area contributed by atoms with Crippen molar-refractivity contribution in [1.29, 1.82) is 0 Å². The van der Waals surface area contributed by atoms with Gasteiger partial charge in [-0.15, -0.1) is 0 Å². The van der Waals surface area contributed by atoms with E-state index in [1.165, 1.54) is 28.6 Å². The smallest absolute Gasteiger partial charge is 0.231 e. The zero-order valence-electron chi connectivity index (χ0n) is 20.0. The maximum atomic E-state index is 12.4. The molecule has 0 aliphatic carbocycles. The minimum atomic E-state index is -0.0659. The number of amides is 1. The fourth-order valence-corrected chi connectivity index (χ4v) is 4.90. The number of anilines is 2. The summed E-state index contributed by atoms with van der Waals surface area (Å²) in [6.07, 6.45) is 1.77. The number of aryl methyl sites for hydroxylation is 2. The highest BCUT2D eigenvalue weighted by Crippen LogP contribution is 2.32. The second kappa shape index (κ2) is 10.4. The van der Waals surface area contributed by atoms with Gasteiger partial charge in [0.25, 0.3) is 0 Å². The molecule has 35 heavy (non-hydrogen) atoms. The highest BCUT2D eigenvalue weighted by Gasteiger charge is 2.20. The Morgan fingerprint density at radius 1 is 1.00 bits per heavy atom. The van der Waals surface area contributed by atoms with E-state index in [9.17, 15) is 4.79 Å². The maximum Gasteiger partial charge on any atom is 0.231 e. The molecule has 0 bridgehead atoms. The summed E-state index contributed by atoms with van der Waals surface area (Å²) in [5, 5.41) is 3.55. The van der Waals surface area contributed by atoms with Crippen molar-refractivity contribution < 1.29 is 14.3 Å². The van der Waals surface area contributed by atoms with Crippen LogP contribution >= 0.6 is 11.8 Å². The van der Waals surface area contributed by atoms with E-state index in [4.69, 9.17) is 14.5 Å². The molecule has 2 aliphatic heterocycles. The molecule has 3 aromatic rings. The maximum absolute atomic E-state index is 12.4. The lowest BCUT2D eigenvalue weighted by molar-refractivity contribution is -0.118. The summed E-state index contributed by atoms with van der Waals surface area (Å²) >= 11 is 1.35. The van der Waals surface area contributed by atoms with Gasteiger partial charge in [-0.25, -0.2) is 9.97 Å². The van der Waals surface area contributed by atoms with Gasteiger partial charge in [0.1, 0.15) is 5.82 Å². The van der Waals surface area contributed by atoms with Crippen LogP contribution < -0.4 is 24.6 Å². The number of nitrogens with zero attached hydrogens (tertiary/aromatic N) is 4. The van der Waals surface area contributed by atoms with Gasteiger partial charge in [-0.3, -0.25) is 4.79 Å². The van der Waals surface area contributed by atoms with Gasteiger partial charge in [0, 0.05) is 44.6 Å². The molecule has 0 saturated carbocycles. The van der Waals surface area contributed by atoms with E-state index in [2.05, 4.69) is 52.1 Å². The third-order valence-electron chi connectivity index (χ3n) is 6.19. The average molecular weight is 492 g/mol. The zero-order chi connectivity index (χ0) is 24.2. The van der Waals surface area contributed by atoms with Crippen LogP contribution in [0.1, 0.15) is 16.7 Å². The first kappa shape index (κ1) is 23.3. The normalized spacial score (nSPS) is 14.8. The second-order valence-corrected chi connectivity index (χ2v) is 9.66. The Hall–Kier alpha value is -3.46. The summed E-state index contributed by atoms with van der Waals surface area (Å²) in [6, 6.07) is 14.2. The first-order valence-corrected chi connectivity index (χ1v) is 12.7. The van der Waals surface area contributed by atoms with Crippen molar-refractivity contribution in [2.75, 3.05) is 48.5 Å². The largest absolute Gasteiger partial charge is 0.454 e. The highest BCUT2D eigenvalue weighted by molar-refractivity contribution is 7.99. The molecular formula is C26H29N5O3S. The Labute approximate surface area is 209 Å². The van der Waals surface area contributed by atoms with Gasteiger partial charge >= 0.3 is 0 Å². The van der Waals surface area contributed by atoms with Gasteiger partial charge in [-0.05, 0) is 54.8 Å². The number of carbonyl (C=O) groups excluding carboxylic acids is 1. The molecular weight excluding hydrogens is 462 g/mol. The molecule has 182 valence electrons. The topological polar surface area (TPSA) is 79.8 Å². The van der Waals surface area contributed by atoms with Crippen LogP contribution in [0.2, 0.25) is 0 Å². The van der Waals surface area contributed by atoms with Crippen molar-refractivity contribution in [3.05, 3.63) is 65.4 Å². The molecule has 1 fully saturated rings. The molecule has 1 amide bonds. The summed E-state index contributed by atoms with van der Waals surface area (Å²) in [5.41, 5.74) is 4.87. The number of nitrogens with one attached hydrogen (secondary N) is 1. The Morgan fingerprint density at radius 2 is 1.80 bits per heavy atom. The first-order valence-electron chi connectivity index (χ1n) is 11.7. The number of hydrogen-bond donors (Lipinski definition) is 1. The summed E-state index contributed by atoms with van der Waals surface area (Å²) in [6.45, 7) is 8.65. The molecule has 9 heteroatoms. The monoisotopic (exact) mass is 491 g/mol. The number of hydrogen-bond acceptors (Lipinski definition) is 8. The van der Waals surface area contributed by atoms with Crippen molar-refractivity contribution in [3.63, 3.8) is 0 Å². The van der Waals surface area contributed by atoms with Crippen LogP contribution in [-0.2, 0) is 11.3 Å². The molecule has 0 unspecified atom stereocenters. The lowest BCUT2D eigenvalue weighted by Crippen LogP contribution is -2.47. The molecule has 0 radical (unpaired) electrons. The van der Waals surface area contributed by atoms with Gasteiger partial charge in [0.15, 0.2) is 16.7 Å². The first-order chi connectivity index (χ1) is 17.0. The van der Waals surface area contributed by atoms with Crippen LogP contribution in [0.25, 0.3) is 0 Å². The van der Waals surface area contributed by atoms with Crippen LogP contribution in [0.3, 0.4) is 0 Å². The van der Waals surface area contributed by atoms with Crippen LogP contribution in [0, 0.1) is 13.8 Å². The lowest BCUT2D eigenvalue weighted by Gasteiger charge is -2.37. The fraction of sp³-hybridized carbons (Fsp3) is 0.346. The number of piperazine rings is 1. The van der Waals surface area contributed by atoms with Gasteiger partial charge < -0.3 is 24.6 Å². The molecule has 0 atom stereocenters. The number of ether oxygens (including phenoxy) is 2. The van der Waals surface area contributed by atoms with Crippen LogP contribution in [0.5, 0.6) is 11.5 Å². The Kier molecular flexibility index (Phi) is 6.94. The summed E-state index contributed by atoms with van der Waals surface area (Å²) in [7, 11) is 0. The van der Waals surface area contributed by atoms with Crippen LogP contribution in [0.15, 0.2) is 53.8 Å². The number of rotatable bonds is 7. The van der Waals surface area contributed by atoms with Crippen molar-refractivity contribution in [2.24, 2.45) is 0 Å². The van der Waals surface area contributed by atoms with Crippen molar-refractivity contribution >= 4 is 29.2 Å². The van der Waals surface area contributed by atoms with E-state index in [0.717, 1.165) is 43.3 Å². The summed E-state index contributed by atoms with van der Waals surface area (Å²) in [4.78, 5) is 26.2. The van der Waals surface area contributed by atoms with Crippen LogP contribution in [0.4, 0.5) is 11.5 Å². The predicted molar refractivity (Wildman–Crippen MR) is 138 cm³/mol. The highest BCUT2D eigenvalue weighted by atomic mass is 32.2. The van der Waals surface area contributed by atoms with E-state index in [0.29, 0.717) is 17.5 Å². The predicted octanol–water partition coefficient (Wildman–Crippen LogP) is 3.56. The average Bonchev–Trinajstić information content (AvgIpc) is 3.36. The van der Waals surface area contributed by atoms with E-state index < -0.39 is 0 Å². The number of aromatic nitrogens is 2. The quantitative estimate of drug-likeness (QED) is 0.397. The van der Waals surface area contributed by atoms with Gasteiger partial charge in [-0.2, -0.15) is 0 Å². The molecule has 2 aromatic carbocycles. The molecule has 1 N–H and O–H groups in total. The number of thioether (sulfide) groups is 1. The van der Waals surface area contributed by atoms with Crippen molar-refractivity contribution in [2.45, 2.75) is 25.5 Å². The van der Waals surface area contributed by atoms with Gasteiger partial charge in [0.2, 0.25) is 12.7 Å².